The molecule has 0 aliphatic heterocycles. The first kappa shape index (κ1) is 14.3. The molecule has 20 heavy (non-hydrogen) atoms. The molecule has 0 heterocycles. The second kappa shape index (κ2) is 5.48. The summed E-state index contributed by atoms with van der Waals surface area (Å²) in [4.78, 5) is 0.0696. The second-order valence-electron chi connectivity index (χ2n) is 4.23. The van der Waals surface area contributed by atoms with Gasteiger partial charge >= 0.3 is 0 Å². The normalized spacial score (nSPS) is 11.2. The number of anilines is 2. The van der Waals surface area contributed by atoms with Gasteiger partial charge in [-0.2, -0.15) is 0 Å². The first-order valence-electron chi connectivity index (χ1n) is 5.78. The van der Waals surface area contributed by atoms with Crippen molar-refractivity contribution in [2.75, 3.05) is 10.1 Å². The van der Waals surface area contributed by atoms with Crippen LogP contribution in [0.4, 0.5) is 15.8 Å². The molecule has 0 atom stereocenters. The van der Waals surface area contributed by atoms with Gasteiger partial charge in [0.1, 0.15) is 5.82 Å². The van der Waals surface area contributed by atoms with Gasteiger partial charge in [-0.3, -0.25) is 10.6 Å². The summed E-state index contributed by atoms with van der Waals surface area (Å²) in [5.41, 5.74) is 3.84. The summed E-state index contributed by atoms with van der Waals surface area (Å²) in [7, 11) is -3.76. The summed E-state index contributed by atoms with van der Waals surface area (Å²) >= 11 is 0. The van der Waals surface area contributed by atoms with Gasteiger partial charge in [-0.25, -0.2) is 12.8 Å². The number of hydrogen-bond acceptors (Lipinski definition) is 4. The quantitative estimate of drug-likeness (QED) is 0.596. The number of hydrogen-bond donors (Lipinski definition) is 3. The number of nitrogen functional groups attached to an aromatic ring is 1. The Morgan fingerprint density at radius 2 is 1.75 bits per heavy atom. The fourth-order valence-electron chi connectivity index (χ4n) is 1.64. The molecule has 106 valence electrons. The monoisotopic (exact) mass is 295 g/mol. The molecule has 0 amide bonds. The zero-order chi connectivity index (χ0) is 14.8. The standard InChI is InChI=1S/C13H14FN3O2S/c1-9-2-3-10(14)8-13(9)17-20(18,19)12-6-4-11(16-15)5-7-12/h2-8,16-17H,15H2,1H3. The third kappa shape index (κ3) is 3.06. The predicted octanol–water partition coefficient (Wildman–Crippen LogP) is 2.22. The van der Waals surface area contributed by atoms with Crippen LogP contribution in [-0.2, 0) is 10.0 Å². The minimum atomic E-state index is -3.76. The minimum Gasteiger partial charge on any atom is -0.324 e. The Bertz CT molecular complexity index is 715. The number of nitrogens with one attached hydrogen (secondary N) is 2. The van der Waals surface area contributed by atoms with Gasteiger partial charge in [0.25, 0.3) is 10.0 Å². The highest BCUT2D eigenvalue weighted by Gasteiger charge is 2.15. The SMILES string of the molecule is Cc1ccc(F)cc1NS(=O)(=O)c1ccc(NN)cc1. The van der Waals surface area contributed by atoms with E-state index >= 15 is 0 Å². The lowest BCUT2D eigenvalue weighted by Crippen LogP contribution is -2.14. The topological polar surface area (TPSA) is 84.2 Å². The largest absolute Gasteiger partial charge is 0.324 e. The molecule has 0 saturated carbocycles. The van der Waals surface area contributed by atoms with Crippen molar-refractivity contribution in [3.05, 3.63) is 53.8 Å². The van der Waals surface area contributed by atoms with Crippen molar-refractivity contribution in [3.8, 4) is 0 Å². The maximum Gasteiger partial charge on any atom is 0.261 e. The Hall–Kier alpha value is -2.12. The molecule has 0 bridgehead atoms. The molecule has 0 saturated heterocycles. The van der Waals surface area contributed by atoms with E-state index in [0.717, 1.165) is 6.07 Å². The van der Waals surface area contributed by atoms with Crippen molar-refractivity contribution in [3.63, 3.8) is 0 Å². The number of hydrazine groups is 1. The van der Waals surface area contributed by atoms with E-state index in [9.17, 15) is 12.8 Å². The molecular weight excluding hydrogens is 281 g/mol. The lowest BCUT2D eigenvalue weighted by atomic mass is 10.2. The summed E-state index contributed by atoms with van der Waals surface area (Å²) in [5.74, 6) is 4.71. The Kier molecular flexibility index (Phi) is 3.91. The summed E-state index contributed by atoms with van der Waals surface area (Å²) in [6.45, 7) is 1.69. The van der Waals surface area contributed by atoms with Crippen LogP contribution < -0.4 is 16.0 Å². The van der Waals surface area contributed by atoms with Gasteiger partial charge in [0, 0.05) is 5.69 Å². The molecule has 0 aliphatic carbocycles. The van der Waals surface area contributed by atoms with Crippen LogP contribution in [0.5, 0.6) is 0 Å². The molecule has 0 unspecified atom stereocenters. The lowest BCUT2D eigenvalue weighted by molar-refractivity contribution is 0.601. The van der Waals surface area contributed by atoms with Gasteiger partial charge in [-0.15, -0.1) is 0 Å². The molecule has 7 heteroatoms. The average Bonchev–Trinajstić information content (AvgIpc) is 2.43. The summed E-state index contributed by atoms with van der Waals surface area (Å²) in [6.07, 6.45) is 0. The van der Waals surface area contributed by atoms with Crippen LogP contribution in [0.25, 0.3) is 0 Å². The van der Waals surface area contributed by atoms with Crippen LogP contribution in [0.3, 0.4) is 0 Å². The van der Waals surface area contributed by atoms with Crippen molar-refractivity contribution < 1.29 is 12.8 Å². The van der Waals surface area contributed by atoms with Gasteiger partial charge in [-0.05, 0) is 48.9 Å². The lowest BCUT2D eigenvalue weighted by Gasteiger charge is -2.11. The fraction of sp³-hybridized carbons (Fsp3) is 0.0769. The van der Waals surface area contributed by atoms with Crippen molar-refractivity contribution in [2.45, 2.75) is 11.8 Å². The summed E-state index contributed by atoms with van der Waals surface area (Å²) in [5, 5.41) is 0. The van der Waals surface area contributed by atoms with Gasteiger partial charge in [0.05, 0.1) is 10.6 Å². The van der Waals surface area contributed by atoms with Gasteiger partial charge in [0.15, 0.2) is 0 Å². The average molecular weight is 295 g/mol. The van der Waals surface area contributed by atoms with E-state index in [4.69, 9.17) is 5.84 Å². The Balaban J connectivity index is 2.32. The molecule has 2 rings (SSSR count). The molecule has 0 fully saturated rings. The van der Waals surface area contributed by atoms with Crippen LogP contribution in [0.2, 0.25) is 0 Å². The van der Waals surface area contributed by atoms with Crippen molar-refractivity contribution >= 4 is 21.4 Å². The van der Waals surface area contributed by atoms with E-state index < -0.39 is 15.8 Å². The number of sulfonamides is 1. The zero-order valence-corrected chi connectivity index (χ0v) is 11.5. The molecule has 0 radical (unpaired) electrons. The number of rotatable bonds is 4. The van der Waals surface area contributed by atoms with E-state index in [1.807, 2.05) is 0 Å². The maximum absolute atomic E-state index is 13.2. The van der Waals surface area contributed by atoms with E-state index in [0.29, 0.717) is 11.3 Å². The molecule has 4 N–H and O–H groups in total. The molecule has 0 spiro atoms. The minimum absolute atomic E-state index is 0.0696. The van der Waals surface area contributed by atoms with E-state index in [1.165, 1.54) is 36.4 Å². The van der Waals surface area contributed by atoms with Gasteiger partial charge in [0.2, 0.25) is 0 Å². The fourth-order valence-corrected chi connectivity index (χ4v) is 2.76. The van der Waals surface area contributed by atoms with Crippen molar-refractivity contribution in [1.29, 1.82) is 0 Å². The molecule has 5 nitrogen and oxygen atoms in total. The highest BCUT2D eigenvalue weighted by atomic mass is 32.2. The van der Waals surface area contributed by atoms with Crippen molar-refractivity contribution in [2.24, 2.45) is 5.84 Å². The third-order valence-electron chi connectivity index (χ3n) is 2.78. The molecule has 2 aromatic carbocycles. The molecule has 0 aromatic heterocycles. The first-order chi connectivity index (χ1) is 9.42. The van der Waals surface area contributed by atoms with Gasteiger partial charge in [-0.1, -0.05) is 6.07 Å². The zero-order valence-electron chi connectivity index (χ0n) is 10.7. The Morgan fingerprint density at radius 3 is 2.35 bits per heavy atom. The van der Waals surface area contributed by atoms with Crippen LogP contribution >= 0.6 is 0 Å². The molecule has 0 aliphatic rings. The predicted molar refractivity (Wildman–Crippen MR) is 76.2 cm³/mol. The number of aryl methyl sites for hydroxylation is 1. The summed E-state index contributed by atoms with van der Waals surface area (Å²) < 4.78 is 39.9. The van der Waals surface area contributed by atoms with E-state index in [2.05, 4.69) is 10.1 Å². The highest BCUT2D eigenvalue weighted by molar-refractivity contribution is 7.92. The third-order valence-corrected chi connectivity index (χ3v) is 4.16. The summed E-state index contributed by atoms with van der Waals surface area (Å²) in [6, 6.07) is 9.81. The Labute approximate surface area is 116 Å². The van der Waals surface area contributed by atoms with Crippen LogP contribution in [0, 0.1) is 12.7 Å². The smallest absolute Gasteiger partial charge is 0.261 e. The highest BCUT2D eigenvalue weighted by Crippen LogP contribution is 2.21. The Morgan fingerprint density at radius 1 is 1.10 bits per heavy atom. The number of benzene rings is 2. The maximum atomic E-state index is 13.2. The number of halogens is 1. The molecule has 2 aromatic rings. The second-order valence-corrected chi connectivity index (χ2v) is 5.92. The van der Waals surface area contributed by atoms with Gasteiger partial charge < -0.3 is 5.43 Å². The first-order valence-corrected chi connectivity index (χ1v) is 7.26. The van der Waals surface area contributed by atoms with E-state index in [-0.39, 0.29) is 10.6 Å². The van der Waals surface area contributed by atoms with E-state index in [1.54, 1.807) is 6.92 Å². The van der Waals surface area contributed by atoms with Crippen LogP contribution in [-0.4, -0.2) is 8.42 Å². The van der Waals surface area contributed by atoms with Crippen LogP contribution in [0.1, 0.15) is 5.56 Å². The number of nitrogens with two attached hydrogens (primary N) is 1. The van der Waals surface area contributed by atoms with Crippen molar-refractivity contribution in [1.82, 2.24) is 0 Å². The van der Waals surface area contributed by atoms with Crippen LogP contribution in [0.15, 0.2) is 47.4 Å². The molecular formula is C13H14FN3O2S.